The molecule has 0 aliphatic carbocycles. The minimum atomic E-state index is -3.61. The summed E-state index contributed by atoms with van der Waals surface area (Å²) in [6.07, 6.45) is 6.16. The Bertz CT molecular complexity index is 774. The molecule has 0 radical (unpaired) electrons. The lowest BCUT2D eigenvalue weighted by atomic mass is 10.3. The number of hydrogen-bond acceptors (Lipinski definition) is 3. The number of H-pyrrole nitrogens is 1. The lowest BCUT2D eigenvalue weighted by Gasteiger charge is -2.07. The molecule has 18 heavy (non-hydrogen) atoms. The molecule has 0 aromatic carbocycles. The monoisotopic (exact) mass is 262 g/mol. The molecule has 0 saturated heterocycles. The molecule has 3 heterocycles. The third kappa shape index (κ3) is 1.74. The van der Waals surface area contributed by atoms with Crippen LogP contribution in [-0.4, -0.2) is 22.4 Å². The van der Waals surface area contributed by atoms with Gasteiger partial charge in [0.15, 0.2) is 0 Å². The fourth-order valence-corrected chi connectivity index (χ4v) is 2.72. The molecule has 3 rings (SSSR count). The van der Waals surface area contributed by atoms with Crippen LogP contribution >= 0.6 is 0 Å². The average Bonchev–Trinajstić information content (AvgIpc) is 2.99. The number of hydrogen-bond donors (Lipinski definition) is 2. The van der Waals surface area contributed by atoms with Crippen molar-refractivity contribution in [2.75, 3.05) is 4.72 Å². The Kier molecular flexibility index (Phi) is 2.34. The van der Waals surface area contributed by atoms with Crippen LogP contribution in [0.3, 0.4) is 0 Å². The van der Waals surface area contributed by atoms with Gasteiger partial charge >= 0.3 is 10.2 Å². The Hall–Kier alpha value is -2.28. The van der Waals surface area contributed by atoms with Crippen LogP contribution < -0.4 is 4.72 Å². The summed E-state index contributed by atoms with van der Waals surface area (Å²) in [6, 6.07) is 6.85. The van der Waals surface area contributed by atoms with E-state index in [0.717, 1.165) is 9.36 Å². The van der Waals surface area contributed by atoms with Crippen molar-refractivity contribution in [2.45, 2.75) is 0 Å². The van der Waals surface area contributed by atoms with E-state index in [0.29, 0.717) is 11.3 Å². The highest BCUT2D eigenvalue weighted by Crippen LogP contribution is 2.22. The van der Waals surface area contributed by atoms with Gasteiger partial charge in [-0.25, -0.2) is 8.96 Å². The average molecular weight is 262 g/mol. The summed E-state index contributed by atoms with van der Waals surface area (Å²) in [6.45, 7) is 0. The molecule has 3 aromatic heterocycles. The Morgan fingerprint density at radius 3 is 2.78 bits per heavy atom. The number of pyridine rings is 1. The maximum atomic E-state index is 12.0. The van der Waals surface area contributed by atoms with E-state index in [1.54, 1.807) is 36.7 Å². The number of rotatable bonds is 3. The van der Waals surface area contributed by atoms with Gasteiger partial charge in [-0.05, 0) is 24.3 Å². The highest BCUT2D eigenvalue weighted by atomic mass is 32.2. The molecule has 3 aromatic rings. The normalized spacial score (nSPS) is 11.8. The predicted molar refractivity (Wildman–Crippen MR) is 68.5 cm³/mol. The first-order chi connectivity index (χ1) is 8.67. The minimum Gasteiger partial charge on any atom is -0.344 e. The summed E-state index contributed by atoms with van der Waals surface area (Å²) in [5, 5.41) is 0.730. The molecule has 6 nitrogen and oxygen atoms in total. The lowest BCUT2D eigenvalue weighted by molar-refractivity contribution is 0.593. The van der Waals surface area contributed by atoms with Gasteiger partial charge < -0.3 is 4.98 Å². The number of aromatic nitrogens is 3. The van der Waals surface area contributed by atoms with Crippen LogP contribution in [0.5, 0.6) is 0 Å². The third-order valence-corrected chi connectivity index (χ3v) is 3.82. The van der Waals surface area contributed by atoms with E-state index in [9.17, 15) is 8.42 Å². The van der Waals surface area contributed by atoms with Crippen LogP contribution in [-0.2, 0) is 10.2 Å². The number of nitrogens with one attached hydrogen (secondary N) is 2. The predicted octanol–water partition coefficient (Wildman–Crippen LogP) is 1.57. The van der Waals surface area contributed by atoms with Crippen LogP contribution in [0.25, 0.3) is 11.0 Å². The molecule has 0 atom stereocenters. The molecule has 0 saturated carbocycles. The summed E-state index contributed by atoms with van der Waals surface area (Å²) in [4.78, 5) is 7.01. The van der Waals surface area contributed by atoms with E-state index < -0.39 is 10.2 Å². The molecule has 2 N–H and O–H groups in total. The van der Waals surface area contributed by atoms with Crippen molar-refractivity contribution >= 4 is 26.9 Å². The number of nitrogens with zero attached hydrogens (tertiary/aromatic N) is 2. The van der Waals surface area contributed by atoms with Crippen molar-refractivity contribution in [1.29, 1.82) is 0 Å². The molecular formula is C11H10N4O2S. The van der Waals surface area contributed by atoms with Crippen LogP contribution in [0.15, 0.2) is 49.1 Å². The quantitative estimate of drug-likeness (QED) is 0.752. The summed E-state index contributed by atoms with van der Waals surface area (Å²) in [5.74, 6) is 0. The third-order valence-electron chi connectivity index (χ3n) is 2.54. The van der Waals surface area contributed by atoms with Crippen molar-refractivity contribution in [3.8, 4) is 0 Å². The van der Waals surface area contributed by atoms with Gasteiger partial charge in [-0.2, -0.15) is 8.42 Å². The van der Waals surface area contributed by atoms with Gasteiger partial charge in [0.25, 0.3) is 0 Å². The van der Waals surface area contributed by atoms with E-state index in [1.807, 2.05) is 0 Å². The molecule has 92 valence electrons. The molecule has 0 spiro atoms. The van der Waals surface area contributed by atoms with Crippen LogP contribution in [0.4, 0.5) is 5.69 Å². The highest BCUT2D eigenvalue weighted by molar-refractivity contribution is 7.91. The van der Waals surface area contributed by atoms with Crippen molar-refractivity contribution < 1.29 is 8.42 Å². The van der Waals surface area contributed by atoms with E-state index in [4.69, 9.17) is 0 Å². The number of aromatic amines is 1. The Balaban J connectivity index is 2.03. The van der Waals surface area contributed by atoms with Crippen molar-refractivity contribution in [3.63, 3.8) is 0 Å². The van der Waals surface area contributed by atoms with Crippen molar-refractivity contribution in [2.24, 2.45) is 0 Å². The fraction of sp³-hybridized carbons (Fsp3) is 0. The molecule has 7 heteroatoms. The Labute approximate surface area is 103 Å². The number of fused-ring (bicyclic) bond motifs is 1. The van der Waals surface area contributed by atoms with Crippen LogP contribution in [0.1, 0.15) is 0 Å². The van der Waals surface area contributed by atoms with Gasteiger partial charge in [-0.3, -0.25) is 4.72 Å². The first-order valence-electron chi connectivity index (χ1n) is 5.25. The maximum absolute atomic E-state index is 12.0. The van der Waals surface area contributed by atoms with Gasteiger partial charge in [-0.1, -0.05) is 0 Å². The summed E-state index contributed by atoms with van der Waals surface area (Å²) in [7, 11) is -3.61. The van der Waals surface area contributed by atoms with Gasteiger partial charge in [0.1, 0.15) is 5.65 Å². The minimum absolute atomic E-state index is 0.479. The molecule has 0 amide bonds. The zero-order valence-corrected chi connectivity index (χ0v) is 10.1. The molecule has 0 bridgehead atoms. The topological polar surface area (TPSA) is 79.8 Å². The first kappa shape index (κ1) is 10.8. The zero-order chi connectivity index (χ0) is 12.6. The van der Waals surface area contributed by atoms with E-state index in [1.165, 1.54) is 12.4 Å². The van der Waals surface area contributed by atoms with E-state index >= 15 is 0 Å². The summed E-state index contributed by atoms with van der Waals surface area (Å²) < 4.78 is 27.7. The molecule has 0 aliphatic heterocycles. The van der Waals surface area contributed by atoms with E-state index in [2.05, 4.69) is 14.7 Å². The lowest BCUT2D eigenvalue weighted by Crippen LogP contribution is -2.19. The van der Waals surface area contributed by atoms with Crippen LogP contribution in [0, 0.1) is 0 Å². The van der Waals surface area contributed by atoms with Crippen molar-refractivity contribution in [1.82, 2.24) is 13.9 Å². The van der Waals surface area contributed by atoms with Crippen LogP contribution in [0.2, 0.25) is 0 Å². The molecule has 0 fully saturated rings. The standard InChI is InChI=1S/C11H10N4O2S/c16-18(17,15-6-1-2-7-15)14-10-8-13-11-9(10)4-3-5-12-11/h1-8,14H,(H,12,13). The second-order valence-corrected chi connectivity index (χ2v) is 5.30. The Morgan fingerprint density at radius 1 is 1.22 bits per heavy atom. The molecule has 0 unspecified atom stereocenters. The van der Waals surface area contributed by atoms with Gasteiger partial charge in [0.2, 0.25) is 0 Å². The SMILES string of the molecule is O=S(=O)(Nc1c[nH]c2ncccc12)n1cccc1. The second kappa shape index (κ2) is 3.88. The molecular weight excluding hydrogens is 252 g/mol. The summed E-state index contributed by atoms with van der Waals surface area (Å²) >= 11 is 0. The van der Waals surface area contributed by atoms with Gasteiger partial charge in [0, 0.05) is 30.2 Å². The van der Waals surface area contributed by atoms with E-state index in [-0.39, 0.29) is 0 Å². The first-order valence-corrected chi connectivity index (χ1v) is 6.69. The Morgan fingerprint density at radius 2 is 2.00 bits per heavy atom. The van der Waals surface area contributed by atoms with Gasteiger partial charge in [0.05, 0.1) is 5.69 Å². The largest absolute Gasteiger partial charge is 0.344 e. The molecule has 0 aliphatic rings. The summed E-state index contributed by atoms with van der Waals surface area (Å²) in [5.41, 5.74) is 1.12. The smallest absolute Gasteiger partial charge is 0.327 e. The number of anilines is 1. The zero-order valence-electron chi connectivity index (χ0n) is 9.24. The second-order valence-electron chi connectivity index (χ2n) is 3.72. The van der Waals surface area contributed by atoms with Crippen molar-refractivity contribution in [3.05, 3.63) is 49.1 Å². The maximum Gasteiger partial charge on any atom is 0.327 e. The fourth-order valence-electron chi connectivity index (χ4n) is 1.71. The highest BCUT2D eigenvalue weighted by Gasteiger charge is 2.14. The van der Waals surface area contributed by atoms with Gasteiger partial charge in [-0.15, -0.1) is 0 Å².